The monoisotopic (exact) mass is 575 g/mol. The number of hydrogen-bond donors (Lipinski definition) is 1. The molecule has 0 saturated heterocycles. The van der Waals surface area contributed by atoms with Gasteiger partial charge < -0.3 is 23.9 Å². The number of aliphatic hydroxyl groups is 1. The Hall–Kier alpha value is -3.88. The van der Waals surface area contributed by atoms with Gasteiger partial charge in [0.05, 0.1) is 24.3 Å². The SMILES string of the molecule is CC(C)OCCN1C(=O)C(O)=C(C(=O)c2cc3cc(Br)ccc3o2)C1c1cccc(Oc2ccccc2)c1. The largest absolute Gasteiger partial charge is 0.503 e. The summed E-state index contributed by atoms with van der Waals surface area (Å²) in [5.74, 6) is -0.576. The van der Waals surface area contributed by atoms with Crippen LogP contribution >= 0.6 is 15.9 Å². The van der Waals surface area contributed by atoms with Crippen molar-refractivity contribution in [1.82, 2.24) is 4.90 Å². The lowest BCUT2D eigenvalue weighted by molar-refractivity contribution is -0.130. The molecular formula is C30H26BrNO6. The highest BCUT2D eigenvalue weighted by Crippen LogP contribution is 2.41. The van der Waals surface area contributed by atoms with Gasteiger partial charge in [0.25, 0.3) is 5.91 Å². The molecule has 0 bridgehead atoms. The van der Waals surface area contributed by atoms with E-state index in [1.807, 2.05) is 56.3 Å². The molecule has 38 heavy (non-hydrogen) atoms. The summed E-state index contributed by atoms with van der Waals surface area (Å²) in [6.07, 6.45) is -0.0358. The van der Waals surface area contributed by atoms with E-state index < -0.39 is 23.5 Å². The van der Waals surface area contributed by atoms with Gasteiger partial charge in [-0.25, -0.2) is 0 Å². The number of rotatable bonds is 9. The quantitative estimate of drug-likeness (QED) is 0.216. The number of Topliss-reactive ketones (excluding diaryl/α,β-unsaturated/α-hetero) is 1. The van der Waals surface area contributed by atoms with Crippen LogP contribution in [0.4, 0.5) is 0 Å². The summed E-state index contributed by atoms with van der Waals surface area (Å²) < 4.78 is 18.3. The molecule has 0 spiro atoms. The fourth-order valence-electron chi connectivity index (χ4n) is 4.48. The van der Waals surface area contributed by atoms with Crippen LogP contribution in [0.15, 0.2) is 99.1 Å². The molecule has 1 unspecified atom stereocenters. The van der Waals surface area contributed by atoms with Gasteiger partial charge in [-0.05, 0) is 67.9 Å². The number of benzene rings is 3. The maximum atomic E-state index is 13.8. The molecule has 0 fully saturated rings. The van der Waals surface area contributed by atoms with E-state index in [-0.39, 0.29) is 30.6 Å². The van der Waals surface area contributed by atoms with Crippen LogP contribution in [-0.4, -0.2) is 41.0 Å². The average Bonchev–Trinajstić information content (AvgIpc) is 3.43. The number of para-hydroxylation sites is 1. The zero-order valence-corrected chi connectivity index (χ0v) is 22.5. The minimum Gasteiger partial charge on any atom is -0.503 e. The van der Waals surface area contributed by atoms with Crippen molar-refractivity contribution in [2.45, 2.75) is 26.0 Å². The minimum absolute atomic E-state index is 0.0358. The van der Waals surface area contributed by atoms with Gasteiger partial charge in [-0.15, -0.1) is 0 Å². The number of hydrogen-bond acceptors (Lipinski definition) is 6. The van der Waals surface area contributed by atoms with E-state index in [0.29, 0.717) is 22.6 Å². The van der Waals surface area contributed by atoms with Crippen LogP contribution in [0.1, 0.15) is 36.0 Å². The number of aliphatic hydroxyl groups excluding tert-OH is 1. The lowest BCUT2D eigenvalue weighted by atomic mass is 9.95. The maximum absolute atomic E-state index is 13.8. The molecule has 2 heterocycles. The molecule has 8 heteroatoms. The Morgan fingerprint density at radius 2 is 1.79 bits per heavy atom. The van der Waals surface area contributed by atoms with Crippen molar-refractivity contribution in [1.29, 1.82) is 0 Å². The van der Waals surface area contributed by atoms with Crippen LogP contribution in [0.25, 0.3) is 11.0 Å². The second-order valence-corrected chi connectivity index (χ2v) is 10.1. The number of halogens is 1. The van der Waals surface area contributed by atoms with E-state index in [9.17, 15) is 14.7 Å². The van der Waals surface area contributed by atoms with Gasteiger partial charge in [0.15, 0.2) is 11.5 Å². The highest BCUT2D eigenvalue weighted by Gasteiger charge is 2.44. The maximum Gasteiger partial charge on any atom is 0.290 e. The van der Waals surface area contributed by atoms with Gasteiger partial charge in [0, 0.05) is 16.4 Å². The molecule has 3 aromatic carbocycles. The molecule has 1 aliphatic rings. The molecule has 1 atom stereocenters. The number of furan rings is 1. The van der Waals surface area contributed by atoms with E-state index in [2.05, 4.69) is 15.9 Å². The smallest absolute Gasteiger partial charge is 0.290 e. The predicted molar refractivity (Wildman–Crippen MR) is 146 cm³/mol. The Bertz CT molecular complexity index is 1520. The van der Waals surface area contributed by atoms with E-state index >= 15 is 0 Å². The molecule has 7 nitrogen and oxygen atoms in total. The summed E-state index contributed by atoms with van der Waals surface area (Å²) in [5, 5.41) is 11.7. The van der Waals surface area contributed by atoms with Gasteiger partial charge in [-0.3, -0.25) is 9.59 Å². The summed E-state index contributed by atoms with van der Waals surface area (Å²) in [4.78, 5) is 28.5. The van der Waals surface area contributed by atoms with Crippen molar-refractivity contribution in [3.8, 4) is 11.5 Å². The number of fused-ring (bicyclic) bond motifs is 1. The Morgan fingerprint density at radius 1 is 1.03 bits per heavy atom. The number of carbonyl (C=O) groups is 2. The van der Waals surface area contributed by atoms with E-state index in [4.69, 9.17) is 13.9 Å². The van der Waals surface area contributed by atoms with Crippen molar-refractivity contribution < 1.29 is 28.6 Å². The zero-order valence-electron chi connectivity index (χ0n) is 20.9. The van der Waals surface area contributed by atoms with Crippen LogP contribution in [0.5, 0.6) is 11.5 Å². The van der Waals surface area contributed by atoms with E-state index in [1.54, 1.807) is 36.4 Å². The number of nitrogens with zero attached hydrogens (tertiary/aromatic N) is 1. The highest BCUT2D eigenvalue weighted by atomic mass is 79.9. The van der Waals surface area contributed by atoms with Crippen molar-refractivity contribution in [3.63, 3.8) is 0 Å². The summed E-state index contributed by atoms with van der Waals surface area (Å²) in [5.41, 5.74) is 1.09. The summed E-state index contributed by atoms with van der Waals surface area (Å²) in [6, 6.07) is 22.6. The molecular weight excluding hydrogens is 550 g/mol. The topological polar surface area (TPSA) is 89.2 Å². The molecule has 0 radical (unpaired) electrons. The first-order valence-electron chi connectivity index (χ1n) is 12.2. The number of ketones is 1. The predicted octanol–water partition coefficient (Wildman–Crippen LogP) is 6.99. The van der Waals surface area contributed by atoms with Gasteiger partial charge in [0.2, 0.25) is 5.78 Å². The fraction of sp³-hybridized carbons (Fsp3) is 0.200. The van der Waals surface area contributed by atoms with Crippen LogP contribution in [0.3, 0.4) is 0 Å². The summed E-state index contributed by atoms with van der Waals surface area (Å²) in [6.45, 7) is 4.23. The molecule has 1 amide bonds. The standard InChI is InChI=1S/C30H26BrNO6/c1-18(2)36-14-13-32-27(19-7-6-10-23(16-19)37-22-8-4-3-5-9-22)26(29(34)30(32)35)28(33)25-17-20-15-21(31)11-12-24(20)38-25/h3-12,15-18,27,34H,13-14H2,1-2H3. The first-order chi connectivity index (χ1) is 18.3. The lowest BCUT2D eigenvalue weighted by Gasteiger charge is -2.27. The Morgan fingerprint density at radius 3 is 2.55 bits per heavy atom. The van der Waals surface area contributed by atoms with Crippen molar-refractivity contribution in [3.05, 3.63) is 106 Å². The number of amides is 1. The average molecular weight is 576 g/mol. The lowest BCUT2D eigenvalue weighted by Crippen LogP contribution is -2.34. The molecule has 194 valence electrons. The highest BCUT2D eigenvalue weighted by molar-refractivity contribution is 9.10. The number of ether oxygens (including phenoxy) is 2. The fourth-order valence-corrected chi connectivity index (χ4v) is 4.86. The van der Waals surface area contributed by atoms with Crippen LogP contribution < -0.4 is 4.74 Å². The summed E-state index contributed by atoms with van der Waals surface area (Å²) in [7, 11) is 0. The molecule has 4 aromatic rings. The van der Waals surface area contributed by atoms with Gasteiger partial charge >= 0.3 is 0 Å². The Balaban J connectivity index is 1.54. The molecule has 1 aliphatic heterocycles. The summed E-state index contributed by atoms with van der Waals surface area (Å²) >= 11 is 3.42. The van der Waals surface area contributed by atoms with Gasteiger partial charge in [-0.1, -0.05) is 46.3 Å². The van der Waals surface area contributed by atoms with Crippen LogP contribution in [0.2, 0.25) is 0 Å². The first-order valence-corrected chi connectivity index (χ1v) is 13.0. The van der Waals surface area contributed by atoms with Crippen LogP contribution in [-0.2, 0) is 9.53 Å². The molecule has 1 N–H and O–H groups in total. The molecule has 0 saturated carbocycles. The zero-order chi connectivity index (χ0) is 26.8. The third-order valence-corrected chi connectivity index (χ3v) is 6.68. The van der Waals surface area contributed by atoms with E-state index in [1.165, 1.54) is 4.90 Å². The Labute approximate surface area is 228 Å². The third kappa shape index (κ3) is 5.23. The van der Waals surface area contributed by atoms with Crippen molar-refractivity contribution >= 4 is 38.6 Å². The van der Waals surface area contributed by atoms with E-state index in [0.717, 1.165) is 9.86 Å². The number of carbonyl (C=O) groups excluding carboxylic acids is 2. The minimum atomic E-state index is -0.856. The van der Waals surface area contributed by atoms with Crippen molar-refractivity contribution in [2.24, 2.45) is 0 Å². The van der Waals surface area contributed by atoms with Gasteiger partial charge in [0.1, 0.15) is 17.1 Å². The molecule has 1 aromatic heterocycles. The van der Waals surface area contributed by atoms with Crippen LogP contribution in [0, 0.1) is 0 Å². The second-order valence-electron chi connectivity index (χ2n) is 9.19. The van der Waals surface area contributed by atoms with Gasteiger partial charge in [-0.2, -0.15) is 0 Å². The second kappa shape index (κ2) is 10.8. The normalized spacial score (nSPS) is 15.6. The Kier molecular flexibility index (Phi) is 7.35. The first kappa shape index (κ1) is 25.8. The molecule has 5 rings (SSSR count). The third-order valence-electron chi connectivity index (χ3n) is 6.19. The van der Waals surface area contributed by atoms with Crippen molar-refractivity contribution in [2.75, 3.05) is 13.2 Å². The molecule has 0 aliphatic carbocycles.